The van der Waals surface area contributed by atoms with E-state index in [0.717, 1.165) is 18.6 Å². The molecule has 3 rings (SSSR count). The van der Waals surface area contributed by atoms with E-state index < -0.39 is 5.97 Å². The van der Waals surface area contributed by atoms with Crippen LogP contribution in [-0.2, 0) is 12.8 Å². The lowest BCUT2D eigenvalue weighted by Crippen LogP contribution is -2.03. The van der Waals surface area contributed by atoms with Gasteiger partial charge in [-0.25, -0.2) is 4.79 Å². The third-order valence-corrected chi connectivity index (χ3v) is 3.81. The van der Waals surface area contributed by atoms with Crippen LogP contribution in [0.2, 0.25) is 0 Å². The fraction of sp³-hybridized carbons (Fsp3) is 0.235. The second-order valence-corrected chi connectivity index (χ2v) is 5.29. The molecular weight excluding hydrogens is 266 g/mol. The van der Waals surface area contributed by atoms with E-state index in [4.69, 9.17) is 15.6 Å². The van der Waals surface area contributed by atoms with E-state index in [1.54, 1.807) is 12.1 Å². The number of hydrogen-bond donors (Lipinski definition) is 2. The van der Waals surface area contributed by atoms with Crippen LogP contribution in [0.4, 0.5) is 5.69 Å². The average molecular weight is 283 g/mol. The molecule has 1 aliphatic carbocycles. The van der Waals surface area contributed by atoms with Crippen LogP contribution in [0.3, 0.4) is 0 Å². The van der Waals surface area contributed by atoms with Crippen LogP contribution in [-0.4, -0.2) is 11.1 Å². The fourth-order valence-electron chi connectivity index (χ4n) is 2.69. The Balaban J connectivity index is 1.86. The lowest BCUT2D eigenvalue weighted by Gasteiger charge is -2.17. The number of aromatic carboxylic acids is 1. The zero-order valence-corrected chi connectivity index (χ0v) is 11.6. The molecule has 21 heavy (non-hydrogen) atoms. The van der Waals surface area contributed by atoms with Crippen LogP contribution in [0.15, 0.2) is 36.4 Å². The minimum Gasteiger partial charge on any atom is -0.478 e. The highest BCUT2D eigenvalue weighted by molar-refractivity contribution is 5.94. The summed E-state index contributed by atoms with van der Waals surface area (Å²) in [5, 5.41) is 9.08. The molecule has 4 nitrogen and oxygen atoms in total. The summed E-state index contributed by atoms with van der Waals surface area (Å²) in [5.41, 5.74) is 8.65. The van der Waals surface area contributed by atoms with Crippen molar-refractivity contribution in [1.82, 2.24) is 0 Å². The van der Waals surface area contributed by atoms with Gasteiger partial charge in [-0.05, 0) is 67.1 Å². The van der Waals surface area contributed by atoms with Gasteiger partial charge < -0.3 is 15.6 Å². The molecule has 0 amide bonds. The van der Waals surface area contributed by atoms with Crippen LogP contribution in [0, 0.1) is 0 Å². The molecule has 0 aliphatic heterocycles. The molecule has 0 spiro atoms. The van der Waals surface area contributed by atoms with E-state index in [1.807, 2.05) is 12.1 Å². The highest BCUT2D eigenvalue weighted by Gasteiger charge is 2.12. The van der Waals surface area contributed by atoms with Gasteiger partial charge in [0, 0.05) is 5.69 Å². The first-order chi connectivity index (χ1) is 10.1. The maximum atomic E-state index is 11.1. The van der Waals surface area contributed by atoms with Gasteiger partial charge in [0.1, 0.15) is 11.5 Å². The molecule has 0 radical (unpaired) electrons. The second kappa shape index (κ2) is 5.48. The van der Waals surface area contributed by atoms with Gasteiger partial charge in [0.15, 0.2) is 0 Å². The Morgan fingerprint density at radius 1 is 1.00 bits per heavy atom. The predicted molar refractivity (Wildman–Crippen MR) is 81.0 cm³/mol. The van der Waals surface area contributed by atoms with Gasteiger partial charge in [0.25, 0.3) is 0 Å². The van der Waals surface area contributed by atoms with E-state index in [9.17, 15) is 4.79 Å². The maximum absolute atomic E-state index is 11.1. The number of fused-ring (bicyclic) bond motifs is 1. The van der Waals surface area contributed by atoms with E-state index in [0.29, 0.717) is 5.75 Å². The van der Waals surface area contributed by atoms with Crippen molar-refractivity contribution in [3.63, 3.8) is 0 Å². The normalized spacial score (nSPS) is 13.5. The Morgan fingerprint density at radius 2 is 1.67 bits per heavy atom. The Hall–Kier alpha value is -2.49. The van der Waals surface area contributed by atoms with Crippen molar-refractivity contribution in [3.05, 3.63) is 53.1 Å². The number of anilines is 1. The van der Waals surface area contributed by atoms with Crippen molar-refractivity contribution in [2.45, 2.75) is 25.7 Å². The second-order valence-electron chi connectivity index (χ2n) is 5.29. The highest BCUT2D eigenvalue weighted by atomic mass is 16.5. The molecule has 1 aliphatic rings. The van der Waals surface area contributed by atoms with Crippen LogP contribution in [0.1, 0.15) is 34.3 Å². The zero-order valence-electron chi connectivity index (χ0n) is 11.6. The first-order valence-corrected chi connectivity index (χ1v) is 7.06. The molecule has 0 unspecified atom stereocenters. The number of benzene rings is 2. The fourth-order valence-corrected chi connectivity index (χ4v) is 2.69. The van der Waals surface area contributed by atoms with E-state index in [1.165, 1.54) is 30.0 Å². The van der Waals surface area contributed by atoms with Gasteiger partial charge in [-0.15, -0.1) is 0 Å². The minimum atomic E-state index is -1.05. The highest BCUT2D eigenvalue weighted by Crippen LogP contribution is 2.29. The number of nitrogen functional groups attached to an aromatic ring is 1. The zero-order chi connectivity index (χ0) is 14.8. The largest absolute Gasteiger partial charge is 0.478 e. The lowest BCUT2D eigenvalue weighted by atomic mass is 9.92. The summed E-state index contributed by atoms with van der Waals surface area (Å²) in [6.45, 7) is 0. The van der Waals surface area contributed by atoms with Gasteiger partial charge in [-0.1, -0.05) is 6.07 Å². The van der Waals surface area contributed by atoms with Crippen molar-refractivity contribution >= 4 is 11.7 Å². The van der Waals surface area contributed by atoms with Gasteiger partial charge in [-0.3, -0.25) is 0 Å². The summed E-state index contributed by atoms with van der Waals surface area (Å²) in [6.07, 6.45) is 4.66. The van der Waals surface area contributed by atoms with Gasteiger partial charge >= 0.3 is 5.97 Å². The molecular formula is C17H17NO3. The number of ether oxygens (including phenoxy) is 1. The van der Waals surface area contributed by atoms with Crippen molar-refractivity contribution in [2.24, 2.45) is 0 Å². The monoisotopic (exact) mass is 283 g/mol. The van der Waals surface area contributed by atoms with Crippen LogP contribution in [0.5, 0.6) is 11.5 Å². The van der Waals surface area contributed by atoms with Crippen molar-refractivity contribution < 1.29 is 14.6 Å². The molecule has 2 aromatic rings. The first-order valence-electron chi connectivity index (χ1n) is 7.06. The quantitative estimate of drug-likeness (QED) is 0.843. The first kappa shape index (κ1) is 13.5. The van der Waals surface area contributed by atoms with E-state index in [2.05, 4.69) is 6.07 Å². The number of aryl methyl sites for hydroxylation is 2. The average Bonchev–Trinajstić information content (AvgIpc) is 2.49. The van der Waals surface area contributed by atoms with E-state index >= 15 is 0 Å². The summed E-state index contributed by atoms with van der Waals surface area (Å²) in [5.74, 6) is 0.164. The predicted octanol–water partition coefficient (Wildman–Crippen LogP) is 3.64. The molecule has 0 aromatic heterocycles. The lowest BCUT2D eigenvalue weighted by molar-refractivity contribution is 0.0697. The standard InChI is InChI=1S/C17H17NO3/c18-16-8-7-14(10-15(16)17(19)20)21-13-6-5-11-3-1-2-4-12(11)9-13/h5-10H,1-4,18H2,(H,19,20). The molecule has 0 atom stereocenters. The summed E-state index contributed by atoms with van der Waals surface area (Å²) in [6, 6.07) is 10.8. The Bertz CT molecular complexity index is 694. The van der Waals surface area contributed by atoms with Crippen LogP contribution < -0.4 is 10.5 Å². The molecule has 4 heteroatoms. The summed E-state index contributed by atoms with van der Waals surface area (Å²) < 4.78 is 5.77. The Labute approximate surface area is 123 Å². The molecule has 0 heterocycles. The third-order valence-electron chi connectivity index (χ3n) is 3.81. The molecule has 2 aromatic carbocycles. The summed E-state index contributed by atoms with van der Waals surface area (Å²) in [4.78, 5) is 11.1. The summed E-state index contributed by atoms with van der Waals surface area (Å²) in [7, 11) is 0. The number of rotatable bonds is 3. The number of nitrogens with two attached hydrogens (primary N) is 1. The molecule has 0 fully saturated rings. The van der Waals surface area contributed by atoms with Crippen molar-refractivity contribution in [1.29, 1.82) is 0 Å². The minimum absolute atomic E-state index is 0.0606. The molecule has 108 valence electrons. The number of carboxylic acid groups (broad SMARTS) is 1. The van der Waals surface area contributed by atoms with Gasteiger partial charge in [-0.2, -0.15) is 0 Å². The number of hydrogen-bond acceptors (Lipinski definition) is 3. The SMILES string of the molecule is Nc1ccc(Oc2ccc3c(c2)CCCC3)cc1C(=O)O. The Morgan fingerprint density at radius 3 is 2.43 bits per heavy atom. The van der Waals surface area contributed by atoms with Crippen LogP contribution in [0.25, 0.3) is 0 Å². The smallest absolute Gasteiger partial charge is 0.337 e. The topological polar surface area (TPSA) is 72.5 Å². The maximum Gasteiger partial charge on any atom is 0.337 e. The van der Waals surface area contributed by atoms with Crippen LogP contribution >= 0.6 is 0 Å². The van der Waals surface area contributed by atoms with E-state index in [-0.39, 0.29) is 11.3 Å². The molecule has 0 saturated carbocycles. The summed E-state index contributed by atoms with van der Waals surface area (Å²) >= 11 is 0. The van der Waals surface area contributed by atoms with Crippen molar-refractivity contribution in [3.8, 4) is 11.5 Å². The molecule has 0 saturated heterocycles. The third kappa shape index (κ3) is 2.84. The molecule has 0 bridgehead atoms. The van der Waals surface area contributed by atoms with Crippen molar-refractivity contribution in [2.75, 3.05) is 5.73 Å². The van der Waals surface area contributed by atoms with Gasteiger partial charge in [0.2, 0.25) is 0 Å². The van der Waals surface area contributed by atoms with Gasteiger partial charge in [0.05, 0.1) is 5.56 Å². The number of carbonyl (C=O) groups is 1. The number of carboxylic acids is 1. The Kier molecular flexibility index (Phi) is 3.52. The molecule has 3 N–H and O–H groups in total.